The van der Waals surface area contributed by atoms with E-state index in [4.69, 9.17) is 5.11 Å². The molecule has 0 atom stereocenters. The average Bonchev–Trinajstić information content (AvgIpc) is 2.68. The van der Waals surface area contributed by atoms with Gasteiger partial charge in [-0.15, -0.1) is 11.3 Å². The fourth-order valence-electron chi connectivity index (χ4n) is 1.38. The van der Waals surface area contributed by atoms with Crippen LogP contribution >= 0.6 is 11.3 Å². The van der Waals surface area contributed by atoms with Crippen LogP contribution in [-0.2, 0) is 10.0 Å². The lowest BCUT2D eigenvalue weighted by molar-refractivity contribution is 0.0702. The summed E-state index contributed by atoms with van der Waals surface area (Å²) in [6, 6.07) is 1.22. The van der Waals surface area contributed by atoms with Gasteiger partial charge in [0, 0.05) is 25.0 Å². The summed E-state index contributed by atoms with van der Waals surface area (Å²) >= 11 is 0.970. The first-order chi connectivity index (χ1) is 8.30. The van der Waals surface area contributed by atoms with Gasteiger partial charge in [-0.05, 0) is 20.0 Å². The smallest absolute Gasteiger partial charge is 0.345 e. The Balaban J connectivity index is 3.08. The molecule has 0 saturated heterocycles. The van der Waals surface area contributed by atoms with Crippen molar-refractivity contribution in [2.24, 2.45) is 0 Å². The minimum atomic E-state index is -3.61. The molecule has 1 heterocycles. The van der Waals surface area contributed by atoms with Crippen LogP contribution in [0.5, 0.6) is 0 Å². The quantitative estimate of drug-likeness (QED) is 0.801. The zero-order chi connectivity index (χ0) is 13.9. The molecule has 0 saturated carbocycles. The van der Waals surface area contributed by atoms with E-state index in [1.165, 1.54) is 17.4 Å². The molecule has 0 amide bonds. The second kappa shape index (κ2) is 5.79. The molecule has 0 aliphatic carbocycles. The van der Waals surface area contributed by atoms with Gasteiger partial charge in [-0.25, -0.2) is 13.2 Å². The molecule has 102 valence electrons. The van der Waals surface area contributed by atoms with E-state index in [1.807, 2.05) is 0 Å². The number of carbonyl (C=O) groups is 1. The number of nitrogens with zero attached hydrogens (tertiary/aromatic N) is 1. The van der Waals surface area contributed by atoms with Gasteiger partial charge < -0.3 is 10.4 Å². The molecule has 0 unspecified atom stereocenters. The first-order valence-corrected chi connectivity index (χ1v) is 7.51. The fourth-order valence-corrected chi connectivity index (χ4v) is 3.95. The highest BCUT2D eigenvalue weighted by molar-refractivity contribution is 7.89. The number of nitrogens with one attached hydrogen (secondary N) is 1. The molecule has 8 heteroatoms. The van der Waals surface area contributed by atoms with E-state index < -0.39 is 16.0 Å². The summed E-state index contributed by atoms with van der Waals surface area (Å²) in [7, 11) is -0.403. The van der Waals surface area contributed by atoms with Crippen molar-refractivity contribution in [1.82, 2.24) is 9.62 Å². The van der Waals surface area contributed by atoms with Gasteiger partial charge in [0.15, 0.2) is 0 Å². The molecular formula is C10H16N2O4S2. The second-order valence-corrected chi connectivity index (χ2v) is 7.04. The van der Waals surface area contributed by atoms with Crippen LogP contribution in [0.3, 0.4) is 0 Å². The number of aryl methyl sites for hydroxylation is 1. The molecule has 1 rings (SSSR count). The van der Waals surface area contributed by atoms with Crippen LogP contribution in [0, 0.1) is 6.92 Å². The topological polar surface area (TPSA) is 86.7 Å². The molecule has 0 spiro atoms. The Morgan fingerprint density at radius 1 is 1.56 bits per heavy atom. The molecule has 2 N–H and O–H groups in total. The van der Waals surface area contributed by atoms with Crippen LogP contribution in [0.1, 0.15) is 14.5 Å². The van der Waals surface area contributed by atoms with E-state index in [-0.39, 0.29) is 9.77 Å². The summed E-state index contributed by atoms with van der Waals surface area (Å²) in [5.41, 5.74) is 0. The summed E-state index contributed by atoms with van der Waals surface area (Å²) in [6.07, 6.45) is 0. The Bertz CT molecular complexity index is 536. The molecule has 0 fully saturated rings. The van der Waals surface area contributed by atoms with Crippen molar-refractivity contribution >= 4 is 27.3 Å². The Kier molecular flexibility index (Phi) is 4.85. The van der Waals surface area contributed by atoms with E-state index >= 15 is 0 Å². The minimum absolute atomic E-state index is 0.0353. The predicted molar refractivity (Wildman–Crippen MR) is 69.8 cm³/mol. The van der Waals surface area contributed by atoms with E-state index in [0.29, 0.717) is 18.0 Å². The van der Waals surface area contributed by atoms with Crippen LogP contribution < -0.4 is 5.32 Å². The molecule has 6 nitrogen and oxygen atoms in total. The Morgan fingerprint density at radius 3 is 2.61 bits per heavy atom. The average molecular weight is 292 g/mol. The van der Waals surface area contributed by atoms with Crippen LogP contribution in [0.4, 0.5) is 0 Å². The lowest BCUT2D eigenvalue weighted by atomic mass is 10.4. The number of likely N-dealkylation sites (N-methyl/N-ethyl adjacent to an activating group) is 2. The Labute approximate surface area is 110 Å². The lowest BCUT2D eigenvalue weighted by Crippen LogP contribution is -2.32. The van der Waals surface area contributed by atoms with Gasteiger partial charge in [-0.2, -0.15) is 4.31 Å². The molecule has 0 radical (unpaired) electrons. The first kappa shape index (κ1) is 15.1. The molecule has 1 aromatic heterocycles. The number of carboxylic acids is 1. The fraction of sp³-hybridized carbons (Fsp3) is 0.500. The van der Waals surface area contributed by atoms with Crippen LogP contribution in [0.25, 0.3) is 0 Å². The number of aromatic carboxylic acids is 1. The van der Waals surface area contributed by atoms with Gasteiger partial charge >= 0.3 is 5.97 Å². The van der Waals surface area contributed by atoms with Crippen molar-refractivity contribution in [2.45, 2.75) is 11.8 Å². The Morgan fingerprint density at radius 2 is 2.17 bits per heavy atom. The third-order valence-electron chi connectivity index (χ3n) is 2.45. The van der Waals surface area contributed by atoms with Gasteiger partial charge in [0.2, 0.25) is 10.0 Å². The standard InChI is InChI=1S/C10H16N2O4S2/c1-7-9(6-8(17-7)10(13)14)18(15,16)12(3)5-4-11-2/h6,11H,4-5H2,1-3H3,(H,13,14). The molecule has 0 aliphatic rings. The zero-order valence-electron chi connectivity index (χ0n) is 10.4. The van der Waals surface area contributed by atoms with Crippen molar-refractivity contribution in [1.29, 1.82) is 0 Å². The zero-order valence-corrected chi connectivity index (χ0v) is 12.1. The maximum Gasteiger partial charge on any atom is 0.345 e. The third-order valence-corrected chi connectivity index (χ3v) is 5.60. The molecule has 18 heavy (non-hydrogen) atoms. The molecular weight excluding hydrogens is 276 g/mol. The van der Waals surface area contributed by atoms with E-state index in [0.717, 1.165) is 11.3 Å². The summed E-state index contributed by atoms with van der Waals surface area (Å²) in [6.45, 7) is 2.47. The molecule has 0 aromatic carbocycles. The molecule has 0 bridgehead atoms. The van der Waals surface area contributed by atoms with Gasteiger partial charge in [0.1, 0.15) is 4.88 Å². The summed E-state index contributed by atoms with van der Waals surface area (Å²) in [4.78, 5) is 11.4. The van der Waals surface area contributed by atoms with Gasteiger partial charge in [0.05, 0.1) is 4.90 Å². The Hall–Kier alpha value is -0.960. The molecule has 0 aliphatic heterocycles. The molecule has 1 aromatic rings. The largest absolute Gasteiger partial charge is 0.477 e. The van der Waals surface area contributed by atoms with Gasteiger partial charge in [0.25, 0.3) is 0 Å². The first-order valence-electron chi connectivity index (χ1n) is 5.25. The number of sulfonamides is 1. The lowest BCUT2D eigenvalue weighted by Gasteiger charge is -2.16. The van der Waals surface area contributed by atoms with E-state index in [2.05, 4.69) is 5.32 Å². The number of rotatable bonds is 6. The number of hydrogen-bond acceptors (Lipinski definition) is 5. The summed E-state index contributed by atoms with van der Waals surface area (Å²) in [5.74, 6) is -1.11. The van der Waals surface area contributed by atoms with E-state index in [9.17, 15) is 13.2 Å². The minimum Gasteiger partial charge on any atom is -0.477 e. The number of hydrogen-bond donors (Lipinski definition) is 2. The number of carboxylic acid groups (broad SMARTS) is 1. The normalized spacial score (nSPS) is 12.0. The van der Waals surface area contributed by atoms with Crippen molar-refractivity contribution in [3.05, 3.63) is 15.8 Å². The SMILES string of the molecule is CNCCN(C)S(=O)(=O)c1cc(C(=O)O)sc1C. The number of thiophene rings is 1. The predicted octanol–water partition coefficient (Wildman–Crippen LogP) is 0.595. The van der Waals surface area contributed by atoms with Crippen molar-refractivity contribution < 1.29 is 18.3 Å². The van der Waals surface area contributed by atoms with Crippen molar-refractivity contribution in [3.8, 4) is 0 Å². The second-order valence-electron chi connectivity index (χ2n) is 3.77. The van der Waals surface area contributed by atoms with Crippen molar-refractivity contribution in [2.75, 3.05) is 27.2 Å². The highest BCUT2D eigenvalue weighted by atomic mass is 32.2. The summed E-state index contributed by atoms with van der Waals surface area (Å²) in [5, 5.41) is 11.7. The maximum absolute atomic E-state index is 12.2. The maximum atomic E-state index is 12.2. The highest BCUT2D eigenvalue weighted by Gasteiger charge is 2.25. The van der Waals surface area contributed by atoms with Crippen LogP contribution in [-0.4, -0.2) is 51.0 Å². The van der Waals surface area contributed by atoms with Gasteiger partial charge in [-0.1, -0.05) is 0 Å². The van der Waals surface area contributed by atoms with Crippen LogP contribution in [0.2, 0.25) is 0 Å². The van der Waals surface area contributed by atoms with Crippen molar-refractivity contribution in [3.63, 3.8) is 0 Å². The third kappa shape index (κ3) is 3.08. The van der Waals surface area contributed by atoms with Crippen LogP contribution in [0.15, 0.2) is 11.0 Å². The summed E-state index contributed by atoms with van der Waals surface area (Å²) < 4.78 is 25.6. The van der Waals surface area contributed by atoms with E-state index in [1.54, 1.807) is 14.0 Å². The highest BCUT2D eigenvalue weighted by Crippen LogP contribution is 2.27. The van der Waals surface area contributed by atoms with Gasteiger partial charge in [-0.3, -0.25) is 0 Å². The monoisotopic (exact) mass is 292 g/mol.